The summed E-state index contributed by atoms with van der Waals surface area (Å²) < 4.78 is 0. The molecule has 0 aliphatic heterocycles. The molecule has 4 heteroatoms. The minimum atomic E-state index is 0. The van der Waals surface area contributed by atoms with E-state index in [1.54, 1.807) is 0 Å². The molecule has 0 saturated carbocycles. The van der Waals surface area contributed by atoms with Gasteiger partial charge >= 0.3 is 0 Å². The molecule has 2 rings (SSSR count). The fraction of sp³-hybridized carbons (Fsp3) is 0. The van der Waals surface area contributed by atoms with Crippen LogP contribution in [0, 0.1) is 0 Å². The van der Waals surface area contributed by atoms with Gasteiger partial charge in [-0.1, -0.05) is 69.2 Å². The van der Waals surface area contributed by atoms with Gasteiger partial charge in [-0.15, -0.1) is 0 Å². The number of hydrogen-bond acceptors (Lipinski definition) is 2. The summed E-state index contributed by atoms with van der Waals surface area (Å²) in [7, 11) is 0.777. The van der Waals surface area contributed by atoms with Gasteiger partial charge in [0.05, 0.1) is 0 Å². The largest absolute Gasteiger partial charge is 0.307 e. The van der Waals surface area contributed by atoms with Crippen molar-refractivity contribution in [1.82, 2.24) is 0 Å². The molecule has 18 heavy (non-hydrogen) atoms. The third-order valence-corrected chi connectivity index (χ3v) is 3.08. The van der Waals surface area contributed by atoms with Crippen molar-refractivity contribution in [2.45, 2.75) is 0 Å². The van der Waals surface area contributed by atoms with Crippen LogP contribution in [0.25, 0.3) is 0 Å². The normalized spacial score (nSPS) is 7.56. The topological polar surface area (TPSA) is 34.1 Å². The van der Waals surface area contributed by atoms with E-state index in [0.717, 1.165) is 8.58 Å². The molecule has 0 amide bonds. The first-order chi connectivity index (χ1) is 8.45. The second-order valence-corrected chi connectivity index (χ2v) is 4.26. The van der Waals surface area contributed by atoms with Crippen molar-refractivity contribution in [3.8, 4) is 0 Å². The standard InChI is InChI=1S/C12H11P.2CH2O.Ni/c1-3-7-11(8-4-1)13-12-9-5-2-6-10-12;2*1-2;/h1-10,13H;2*1H2;. The summed E-state index contributed by atoms with van der Waals surface area (Å²) in [6.45, 7) is 4.00. The number of carbonyl (C=O) groups is 2. The van der Waals surface area contributed by atoms with Crippen molar-refractivity contribution in [2.24, 2.45) is 0 Å². The Morgan fingerprint density at radius 1 is 0.611 bits per heavy atom. The van der Waals surface area contributed by atoms with Crippen LogP contribution in [0.15, 0.2) is 60.7 Å². The Hall–Kier alpha value is -1.30. The number of hydrogen-bond donors (Lipinski definition) is 0. The average Bonchev–Trinajstić information content (AvgIpc) is 2.45. The van der Waals surface area contributed by atoms with Crippen molar-refractivity contribution < 1.29 is 26.1 Å². The summed E-state index contributed by atoms with van der Waals surface area (Å²) in [5.41, 5.74) is 0. The fourth-order valence-electron chi connectivity index (χ4n) is 1.21. The van der Waals surface area contributed by atoms with Gasteiger partial charge in [-0.3, -0.25) is 0 Å². The molecule has 0 fully saturated rings. The molecule has 0 unspecified atom stereocenters. The summed E-state index contributed by atoms with van der Waals surface area (Å²) in [4.78, 5) is 16.0. The molecule has 0 bridgehead atoms. The predicted molar refractivity (Wildman–Crippen MR) is 74.7 cm³/mol. The molecule has 2 aromatic carbocycles. The van der Waals surface area contributed by atoms with Gasteiger partial charge in [0, 0.05) is 16.5 Å². The Kier molecular flexibility index (Phi) is 14.6. The van der Waals surface area contributed by atoms with Crippen molar-refractivity contribution >= 4 is 32.8 Å². The van der Waals surface area contributed by atoms with Crippen LogP contribution >= 0.6 is 8.58 Å². The molecule has 0 atom stereocenters. The number of rotatable bonds is 2. The first-order valence-corrected chi connectivity index (χ1v) is 5.90. The summed E-state index contributed by atoms with van der Waals surface area (Å²) >= 11 is 0. The summed E-state index contributed by atoms with van der Waals surface area (Å²) in [5, 5.41) is 2.79. The van der Waals surface area contributed by atoms with Gasteiger partial charge in [-0.2, -0.15) is 0 Å². The van der Waals surface area contributed by atoms with Crippen LogP contribution in [0.2, 0.25) is 0 Å². The summed E-state index contributed by atoms with van der Waals surface area (Å²) in [6.07, 6.45) is 0. The molecule has 2 nitrogen and oxygen atoms in total. The smallest absolute Gasteiger partial charge is 0.106 e. The SMILES string of the molecule is C=O.C=O.[Ni].c1ccc(Pc2ccccc2)cc1. The van der Waals surface area contributed by atoms with Gasteiger partial charge in [0.25, 0.3) is 0 Å². The Bertz CT molecular complexity index is 356. The van der Waals surface area contributed by atoms with Gasteiger partial charge < -0.3 is 9.59 Å². The van der Waals surface area contributed by atoms with Crippen LogP contribution in [-0.4, -0.2) is 13.6 Å². The Labute approximate surface area is 120 Å². The fourth-order valence-corrected chi connectivity index (χ4v) is 2.26. The molecule has 0 aliphatic carbocycles. The molecule has 0 aromatic heterocycles. The zero-order chi connectivity index (χ0) is 12.9. The number of benzene rings is 2. The minimum Gasteiger partial charge on any atom is -0.307 e. The molecule has 2 aromatic rings. The number of carbonyl (C=O) groups excluding carboxylic acids is 2. The van der Waals surface area contributed by atoms with E-state index in [-0.39, 0.29) is 16.5 Å². The molecule has 0 radical (unpaired) electrons. The first-order valence-electron chi connectivity index (χ1n) is 4.90. The Balaban J connectivity index is 0. The maximum absolute atomic E-state index is 8.00. The van der Waals surface area contributed by atoms with Crippen molar-refractivity contribution in [1.29, 1.82) is 0 Å². The summed E-state index contributed by atoms with van der Waals surface area (Å²) in [5.74, 6) is 0. The maximum Gasteiger partial charge on any atom is 0.106 e. The van der Waals surface area contributed by atoms with E-state index in [0.29, 0.717) is 0 Å². The van der Waals surface area contributed by atoms with Crippen LogP contribution in [-0.2, 0) is 26.1 Å². The minimum absolute atomic E-state index is 0. The molecule has 0 N–H and O–H groups in total. The van der Waals surface area contributed by atoms with Crippen LogP contribution in [0.3, 0.4) is 0 Å². The third kappa shape index (κ3) is 7.89. The second-order valence-electron chi connectivity index (χ2n) is 2.86. The third-order valence-electron chi connectivity index (χ3n) is 1.84. The van der Waals surface area contributed by atoms with E-state index in [1.807, 2.05) is 13.6 Å². The molecule has 0 saturated heterocycles. The van der Waals surface area contributed by atoms with Crippen LogP contribution in [0.1, 0.15) is 0 Å². The predicted octanol–water partition coefficient (Wildman–Crippen LogP) is 1.94. The van der Waals surface area contributed by atoms with Crippen LogP contribution in [0.5, 0.6) is 0 Å². The zero-order valence-corrected chi connectivity index (χ0v) is 11.8. The molecule has 98 valence electrons. The summed E-state index contributed by atoms with van der Waals surface area (Å²) in [6, 6.07) is 21.2. The molecule has 0 spiro atoms. The maximum atomic E-state index is 8.00. The van der Waals surface area contributed by atoms with E-state index in [1.165, 1.54) is 10.6 Å². The van der Waals surface area contributed by atoms with E-state index in [2.05, 4.69) is 60.7 Å². The van der Waals surface area contributed by atoms with Crippen LogP contribution < -0.4 is 10.6 Å². The van der Waals surface area contributed by atoms with E-state index < -0.39 is 0 Å². The Morgan fingerprint density at radius 3 is 1.17 bits per heavy atom. The average molecular weight is 305 g/mol. The van der Waals surface area contributed by atoms with E-state index in [4.69, 9.17) is 9.59 Å². The molecular weight excluding hydrogens is 290 g/mol. The Morgan fingerprint density at radius 2 is 0.889 bits per heavy atom. The van der Waals surface area contributed by atoms with Gasteiger partial charge in [-0.25, -0.2) is 0 Å². The van der Waals surface area contributed by atoms with Gasteiger partial charge in [0.2, 0.25) is 0 Å². The van der Waals surface area contributed by atoms with E-state index in [9.17, 15) is 0 Å². The second kappa shape index (κ2) is 13.8. The zero-order valence-electron chi connectivity index (χ0n) is 9.82. The quantitative estimate of drug-likeness (QED) is 0.628. The van der Waals surface area contributed by atoms with Gasteiger partial charge in [0.1, 0.15) is 13.6 Å². The van der Waals surface area contributed by atoms with Crippen molar-refractivity contribution in [3.05, 3.63) is 60.7 Å². The van der Waals surface area contributed by atoms with Crippen LogP contribution in [0.4, 0.5) is 0 Å². The van der Waals surface area contributed by atoms with Gasteiger partial charge in [0.15, 0.2) is 0 Å². The van der Waals surface area contributed by atoms with Crippen molar-refractivity contribution in [3.63, 3.8) is 0 Å². The molecule has 0 aliphatic rings. The monoisotopic (exact) mass is 304 g/mol. The van der Waals surface area contributed by atoms with E-state index >= 15 is 0 Å². The molecule has 0 heterocycles. The van der Waals surface area contributed by atoms with Gasteiger partial charge in [-0.05, 0) is 10.6 Å². The first kappa shape index (κ1) is 19.1. The van der Waals surface area contributed by atoms with Crippen molar-refractivity contribution in [2.75, 3.05) is 0 Å². The molecular formula is C14H15NiO2P.